The van der Waals surface area contributed by atoms with E-state index < -0.39 is 0 Å². The monoisotopic (exact) mass is 488 g/mol. The van der Waals surface area contributed by atoms with Crippen LogP contribution in [0.5, 0.6) is 11.5 Å². The lowest BCUT2D eigenvalue weighted by Crippen LogP contribution is -1.97. The van der Waals surface area contributed by atoms with E-state index in [1.54, 1.807) is 18.6 Å². The molecule has 4 aromatic rings. The Labute approximate surface area is 174 Å². The molecule has 0 aliphatic rings. The fourth-order valence-corrected chi connectivity index (χ4v) is 3.28. The van der Waals surface area contributed by atoms with Gasteiger partial charge < -0.3 is 10.1 Å². The Morgan fingerprint density at radius 2 is 1.89 bits per heavy atom. The standard InChI is InChI=1S/C20H14ClIN4O/c1-12-2-5-15(10-23-12)27-19-7-4-14(9-17(19)21)26-20-16-8-13(22)3-6-18(16)24-11-25-20/h2-11H,1H3,(H,24,25,26). The molecule has 0 saturated heterocycles. The largest absolute Gasteiger partial charge is 0.454 e. The summed E-state index contributed by atoms with van der Waals surface area (Å²) in [5, 5.41) is 4.75. The summed E-state index contributed by atoms with van der Waals surface area (Å²) in [6.45, 7) is 1.93. The second-order valence-corrected chi connectivity index (χ2v) is 7.54. The summed E-state index contributed by atoms with van der Waals surface area (Å²) in [7, 11) is 0. The smallest absolute Gasteiger partial charge is 0.146 e. The first-order valence-electron chi connectivity index (χ1n) is 8.16. The number of halogens is 2. The van der Waals surface area contributed by atoms with Gasteiger partial charge in [-0.1, -0.05) is 11.6 Å². The fourth-order valence-electron chi connectivity index (χ4n) is 2.57. The summed E-state index contributed by atoms with van der Waals surface area (Å²) < 4.78 is 6.92. The van der Waals surface area contributed by atoms with Crippen molar-refractivity contribution in [1.82, 2.24) is 15.0 Å². The molecule has 0 fully saturated rings. The summed E-state index contributed by atoms with van der Waals surface area (Å²) in [6, 6.07) is 15.3. The molecule has 2 aromatic heterocycles. The van der Waals surface area contributed by atoms with Crippen LogP contribution in [0.3, 0.4) is 0 Å². The summed E-state index contributed by atoms with van der Waals surface area (Å²) in [5.41, 5.74) is 2.62. The Kier molecular flexibility index (Phi) is 5.09. The van der Waals surface area contributed by atoms with Crippen molar-refractivity contribution in [2.75, 3.05) is 5.32 Å². The number of pyridine rings is 1. The van der Waals surface area contributed by atoms with Gasteiger partial charge in [0.1, 0.15) is 23.6 Å². The molecule has 0 aliphatic heterocycles. The van der Waals surface area contributed by atoms with Gasteiger partial charge in [0.05, 0.1) is 16.7 Å². The minimum absolute atomic E-state index is 0.494. The Morgan fingerprint density at radius 3 is 2.67 bits per heavy atom. The first-order chi connectivity index (χ1) is 13.1. The molecule has 2 aromatic carbocycles. The Bertz CT molecular complexity index is 1120. The van der Waals surface area contributed by atoms with Gasteiger partial charge in [-0.25, -0.2) is 9.97 Å². The number of aryl methyl sites for hydroxylation is 1. The first kappa shape index (κ1) is 17.9. The van der Waals surface area contributed by atoms with Crippen LogP contribution in [0.15, 0.2) is 61.1 Å². The Hall–Kier alpha value is -2.45. The van der Waals surface area contributed by atoms with Gasteiger partial charge in [-0.05, 0) is 78.0 Å². The van der Waals surface area contributed by atoms with Gasteiger partial charge in [0.15, 0.2) is 0 Å². The Balaban J connectivity index is 1.60. The highest BCUT2D eigenvalue weighted by Crippen LogP contribution is 2.33. The van der Waals surface area contributed by atoms with E-state index in [0.717, 1.165) is 31.7 Å². The van der Waals surface area contributed by atoms with Crippen LogP contribution in [0.25, 0.3) is 10.9 Å². The summed E-state index contributed by atoms with van der Waals surface area (Å²) in [5.74, 6) is 1.93. The lowest BCUT2D eigenvalue weighted by atomic mass is 10.2. The van der Waals surface area contributed by atoms with Crippen LogP contribution in [-0.2, 0) is 0 Å². The molecule has 0 unspecified atom stereocenters. The van der Waals surface area contributed by atoms with Crippen molar-refractivity contribution < 1.29 is 4.74 Å². The Morgan fingerprint density at radius 1 is 1.00 bits per heavy atom. The van der Waals surface area contributed by atoms with Gasteiger partial charge in [0.2, 0.25) is 0 Å². The second-order valence-electron chi connectivity index (χ2n) is 5.89. The summed E-state index contributed by atoms with van der Waals surface area (Å²) in [6.07, 6.45) is 3.22. The molecule has 0 saturated carbocycles. The molecule has 7 heteroatoms. The van der Waals surface area contributed by atoms with E-state index in [4.69, 9.17) is 16.3 Å². The van der Waals surface area contributed by atoms with Crippen molar-refractivity contribution in [1.29, 1.82) is 0 Å². The zero-order valence-corrected chi connectivity index (χ0v) is 17.2. The molecule has 0 radical (unpaired) electrons. The highest BCUT2D eigenvalue weighted by atomic mass is 127. The first-order valence-corrected chi connectivity index (χ1v) is 9.61. The number of ether oxygens (including phenoxy) is 1. The number of fused-ring (bicyclic) bond motifs is 1. The molecule has 134 valence electrons. The van der Waals surface area contributed by atoms with Crippen LogP contribution in [0.2, 0.25) is 5.02 Å². The van der Waals surface area contributed by atoms with Crippen molar-refractivity contribution in [3.63, 3.8) is 0 Å². The summed E-state index contributed by atoms with van der Waals surface area (Å²) in [4.78, 5) is 12.9. The molecule has 5 nitrogen and oxygen atoms in total. The van der Waals surface area contributed by atoms with E-state index in [1.165, 1.54) is 0 Å². The fraction of sp³-hybridized carbons (Fsp3) is 0.0500. The van der Waals surface area contributed by atoms with Crippen LogP contribution in [0.4, 0.5) is 11.5 Å². The van der Waals surface area contributed by atoms with Crippen molar-refractivity contribution in [2.45, 2.75) is 6.92 Å². The maximum absolute atomic E-state index is 6.40. The quantitative estimate of drug-likeness (QED) is 0.350. The number of anilines is 2. The molecular formula is C20H14ClIN4O. The average molecular weight is 489 g/mol. The minimum atomic E-state index is 0.494. The van der Waals surface area contributed by atoms with E-state index in [-0.39, 0.29) is 0 Å². The topological polar surface area (TPSA) is 59.9 Å². The lowest BCUT2D eigenvalue weighted by Gasteiger charge is -2.11. The van der Waals surface area contributed by atoms with Crippen LogP contribution in [-0.4, -0.2) is 15.0 Å². The molecule has 0 amide bonds. The molecule has 1 N–H and O–H groups in total. The predicted molar refractivity (Wildman–Crippen MR) is 116 cm³/mol. The predicted octanol–water partition coefficient (Wildman–Crippen LogP) is 6.13. The van der Waals surface area contributed by atoms with E-state index in [0.29, 0.717) is 16.5 Å². The zero-order chi connectivity index (χ0) is 18.8. The van der Waals surface area contributed by atoms with Gasteiger partial charge in [0.25, 0.3) is 0 Å². The van der Waals surface area contributed by atoms with Crippen LogP contribution in [0, 0.1) is 10.5 Å². The number of nitrogens with zero attached hydrogens (tertiary/aromatic N) is 3. The van der Waals surface area contributed by atoms with Crippen LogP contribution < -0.4 is 10.1 Å². The zero-order valence-electron chi connectivity index (χ0n) is 14.3. The number of nitrogens with one attached hydrogen (secondary N) is 1. The van der Waals surface area contributed by atoms with Crippen molar-refractivity contribution >= 4 is 56.6 Å². The molecule has 0 spiro atoms. The molecule has 0 atom stereocenters. The van der Waals surface area contributed by atoms with Gasteiger partial charge in [0, 0.05) is 20.3 Å². The number of hydrogen-bond acceptors (Lipinski definition) is 5. The highest BCUT2D eigenvalue weighted by Gasteiger charge is 2.08. The maximum atomic E-state index is 6.40. The molecular weight excluding hydrogens is 475 g/mol. The molecule has 0 aliphatic carbocycles. The van der Waals surface area contributed by atoms with E-state index in [9.17, 15) is 0 Å². The second kappa shape index (κ2) is 7.66. The number of hydrogen-bond donors (Lipinski definition) is 1. The number of benzene rings is 2. The maximum Gasteiger partial charge on any atom is 0.146 e. The van der Waals surface area contributed by atoms with Crippen LogP contribution >= 0.6 is 34.2 Å². The average Bonchev–Trinajstić information content (AvgIpc) is 2.66. The molecule has 27 heavy (non-hydrogen) atoms. The minimum Gasteiger partial charge on any atom is -0.454 e. The van der Waals surface area contributed by atoms with E-state index in [1.807, 2.05) is 49.4 Å². The number of aromatic nitrogens is 3. The normalized spacial score (nSPS) is 10.8. The molecule has 0 bridgehead atoms. The lowest BCUT2D eigenvalue weighted by molar-refractivity contribution is 0.480. The van der Waals surface area contributed by atoms with Gasteiger partial charge in [-0.2, -0.15) is 0 Å². The van der Waals surface area contributed by atoms with E-state index >= 15 is 0 Å². The van der Waals surface area contributed by atoms with Crippen molar-refractivity contribution in [3.8, 4) is 11.5 Å². The number of rotatable bonds is 4. The third-order valence-corrected chi connectivity index (χ3v) is 4.87. The van der Waals surface area contributed by atoms with Crippen molar-refractivity contribution in [2.24, 2.45) is 0 Å². The third kappa shape index (κ3) is 4.12. The molecule has 2 heterocycles. The highest BCUT2D eigenvalue weighted by molar-refractivity contribution is 14.1. The van der Waals surface area contributed by atoms with Crippen LogP contribution in [0.1, 0.15) is 5.69 Å². The van der Waals surface area contributed by atoms with Crippen molar-refractivity contribution in [3.05, 3.63) is 75.3 Å². The summed E-state index contributed by atoms with van der Waals surface area (Å²) >= 11 is 8.67. The molecule has 4 rings (SSSR count). The van der Waals surface area contributed by atoms with Gasteiger partial charge in [-0.15, -0.1) is 0 Å². The third-order valence-electron chi connectivity index (χ3n) is 3.90. The van der Waals surface area contributed by atoms with E-state index in [2.05, 4.69) is 42.9 Å². The van der Waals surface area contributed by atoms with Gasteiger partial charge >= 0.3 is 0 Å². The van der Waals surface area contributed by atoms with Gasteiger partial charge in [-0.3, -0.25) is 4.98 Å². The SMILES string of the molecule is Cc1ccc(Oc2ccc(Nc3ncnc4ccc(I)cc34)cc2Cl)cn1.